The molecule has 4 nitrogen and oxygen atoms in total. The van der Waals surface area contributed by atoms with Gasteiger partial charge in [0.25, 0.3) is 0 Å². The summed E-state index contributed by atoms with van der Waals surface area (Å²) >= 11 is 0. The van der Waals surface area contributed by atoms with Crippen molar-refractivity contribution in [2.45, 2.75) is 0 Å². The standard InChI is InChI=1S/C10H9O4P.Ca/c11-15(12,13)14-10-7-3-5-8-4-1-2-6-9(8)10;/h1-7H,(H2,11,12,13);/q;+2/p-2. The van der Waals surface area contributed by atoms with Crippen LogP contribution < -0.4 is 14.3 Å². The third-order valence-electron chi connectivity index (χ3n) is 1.96. The third-order valence-corrected chi connectivity index (χ3v) is 2.38. The van der Waals surface area contributed by atoms with Crippen LogP contribution in [0, 0.1) is 0 Å². The minimum Gasteiger partial charge on any atom is -0.780 e. The Balaban J connectivity index is 0.00000128. The predicted molar refractivity (Wildman–Crippen MR) is 57.9 cm³/mol. The first-order chi connectivity index (χ1) is 7.06. The summed E-state index contributed by atoms with van der Waals surface area (Å²) in [6, 6.07) is 12.0. The van der Waals surface area contributed by atoms with E-state index in [0.717, 1.165) is 5.39 Å². The van der Waals surface area contributed by atoms with Crippen molar-refractivity contribution in [3.05, 3.63) is 42.5 Å². The number of hydrogen-bond donors (Lipinski definition) is 0. The molecule has 0 aromatic heterocycles. The van der Waals surface area contributed by atoms with Crippen molar-refractivity contribution >= 4 is 56.3 Å². The second kappa shape index (κ2) is 5.50. The van der Waals surface area contributed by atoms with Gasteiger partial charge in [0.05, 0.1) is 0 Å². The zero-order valence-electron chi connectivity index (χ0n) is 8.33. The van der Waals surface area contributed by atoms with E-state index < -0.39 is 7.82 Å². The summed E-state index contributed by atoms with van der Waals surface area (Å²) in [5.41, 5.74) is 0. The van der Waals surface area contributed by atoms with Crippen LogP contribution in [0.5, 0.6) is 5.75 Å². The Hall–Kier alpha value is -0.0903. The molecule has 78 valence electrons. The second-order valence-corrected chi connectivity index (χ2v) is 4.09. The van der Waals surface area contributed by atoms with Gasteiger partial charge in [-0.1, -0.05) is 36.4 Å². The molecule has 0 N–H and O–H groups in total. The van der Waals surface area contributed by atoms with Gasteiger partial charge in [-0.05, 0) is 11.5 Å². The van der Waals surface area contributed by atoms with E-state index in [2.05, 4.69) is 4.52 Å². The maximum Gasteiger partial charge on any atom is 2.00 e. The van der Waals surface area contributed by atoms with Crippen LogP contribution in [0.1, 0.15) is 0 Å². The van der Waals surface area contributed by atoms with E-state index in [4.69, 9.17) is 0 Å². The minimum absolute atomic E-state index is 0. The minimum atomic E-state index is -4.99. The molecule has 2 aromatic rings. The van der Waals surface area contributed by atoms with Gasteiger partial charge in [-0.2, -0.15) is 0 Å². The molecule has 0 unspecified atom stereocenters. The fourth-order valence-corrected chi connectivity index (χ4v) is 1.80. The van der Waals surface area contributed by atoms with E-state index >= 15 is 0 Å². The van der Waals surface area contributed by atoms with Crippen LogP contribution in [0.3, 0.4) is 0 Å². The number of phosphoric ester groups is 1. The fraction of sp³-hybridized carbons (Fsp3) is 0. The molecular formula is C10H7CaO4P. The van der Waals surface area contributed by atoms with Crippen molar-refractivity contribution in [3.63, 3.8) is 0 Å². The predicted octanol–water partition coefficient (Wildman–Crippen LogP) is 0.666. The van der Waals surface area contributed by atoms with Crippen molar-refractivity contribution in [1.82, 2.24) is 0 Å². The van der Waals surface area contributed by atoms with Gasteiger partial charge in [0.1, 0.15) is 13.6 Å². The number of phosphoric acid groups is 1. The summed E-state index contributed by atoms with van der Waals surface area (Å²) in [4.78, 5) is 21.0. The molecule has 6 heteroatoms. The molecule has 0 radical (unpaired) electrons. The maximum atomic E-state index is 10.5. The second-order valence-electron chi connectivity index (χ2n) is 3.02. The van der Waals surface area contributed by atoms with Crippen LogP contribution in [-0.4, -0.2) is 37.7 Å². The Labute approximate surface area is 122 Å². The molecule has 0 spiro atoms. The van der Waals surface area contributed by atoms with E-state index in [1.54, 1.807) is 18.2 Å². The summed E-state index contributed by atoms with van der Waals surface area (Å²) < 4.78 is 14.9. The van der Waals surface area contributed by atoms with Crippen molar-refractivity contribution in [2.75, 3.05) is 0 Å². The first-order valence-corrected chi connectivity index (χ1v) is 5.72. The number of fused-ring (bicyclic) bond motifs is 1. The first-order valence-electron chi connectivity index (χ1n) is 4.26. The molecule has 16 heavy (non-hydrogen) atoms. The van der Waals surface area contributed by atoms with Gasteiger partial charge >= 0.3 is 37.7 Å². The molecule has 2 rings (SSSR count). The quantitative estimate of drug-likeness (QED) is 0.589. The number of hydrogen-bond acceptors (Lipinski definition) is 4. The van der Waals surface area contributed by atoms with Gasteiger partial charge in [0, 0.05) is 5.39 Å². The molecule has 0 aliphatic rings. The average molecular weight is 262 g/mol. The van der Waals surface area contributed by atoms with E-state index in [-0.39, 0.29) is 43.5 Å². The Kier molecular flexibility index (Phi) is 4.80. The van der Waals surface area contributed by atoms with Crippen molar-refractivity contribution in [2.24, 2.45) is 0 Å². The molecule has 0 amide bonds. The normalized spacial score (nSPS) is 10.9. The fourth-order valence-electron chi connectivity index (χ4n) is 1.40. The van der Waals surface area contributed by atoms with Gasteiger partial charge < -0.3 is 18.9 Å². The van der Waals surface area contributed by atoms with Crippen LogP contribution in [0.15, 0.2) is 42.5 Å². The van der Waals surface area contributed by atoms with Crippen LogP contribution in [0.25, 0.3) is 10.8 Å². The molecule has 0 saturated heterocycles. The molecule has 0 fully saturated rings. The third kappa shape index (κ3) is 3.45. The van der Waals surface area contributed by atoms with E-state index in [9.17, 15) is 14.4 Å². The molecule has 2 aromatic carbocycles. The monoisotopic (exact) mass is 262 g/mol. The van der Waals surface area contributed by atoms with Gasteiger partial charge in [0.2, 0.25) is 0 Å². The van der Waals surface area contributed by atoms with Gasteiger partial charge in [-0.3, -0.25) is 0 Å². The number of rotatable bonds is 2. The summed E-state index contributed by atoms with van der Waals surface area (Å²) in [7, 11) is -4.99. The van der Waals surface area contributed by atoms with Crippen molar-refractivity contribution < 1.29 is 18.9 Å². The Morgan fingerprint density at radius 3 is 2.31 bits per heavy atom. The topological polar surface area (TPSA) is 72.4 Å². The van der Waals surface area contributed by atoms with E-state index in [0.29, 0.717) is 5.39 Å². The molecular weight excluding hydrogens is 255 g/mol. The summed E-state index contributed by atoms with van der Waals surface area (Å²) in [6.45, 7) is 0. The van der Waals surface area contributed by atoms with Crippen molar-refractivity contribution in [3.8, 4) is 5.75 Å². The SMILES string of the molecule is O=P([O-])([O-])Oc1cccc2ccccc12.[Ca+2]. The van der Waals surface area contributed by atoms with E-state index in [1.165, 1.54) is 6.07 Å². The van der Waals surface area contributed by atoms with Crippen molar-refractivity contribution in [1.29, 1.82) is 0 Å². The largest absolute Gasteiger partial charge is 2.00 e. The van der Waals surface area contributed by atoms with E-state index in [1.807, 2.05) is 18.2 Å². The Morgan fingerprint density at radius 1 is 1.00 bits per heavy atom. The summed E-state index contributed by atoms with van der Waals surface area (Å²) in [5.74, 6) is 0.0708. The number of benzene rings is 2. The average Bonchev–Trinajstić information content (AvgIpc) is 2.16. The molecule has 0 atom stereocenters. The smallest absolute Gasteiger partial charge is 0.780 e. The maximum absolute atomic E-state index is 10.5. The van der Waals surface area contributed by atoms with Gasteiger partial charge in [-0.25, -0.2) is 0 Å². The first kappa shape index (κ1) is 14.0. The van der Waals surface area contributed by atoms with Crippen LogP contribution in [0.2, 0.25) is 0 Å². The Bertz CT molecular complexity index is 532. The van der Waals surface area contributed by atoms with Crippen LogP contribution in [-0.2, 0) is 4.57 Å². The van der Waals surface area contributed by atoms with Crippen LogP contribution in [0.4, 0.5) is 0 Å². The molecule has 0 aliphatic carbocycles. The summed E-state index contributed by atoms with van der Waals surface area (Å²) in [5, 5.41) is 1.43. The molecule has 0 bridgehead atoms. The molecule has 0 saturated carbocycles. The van der Waals surface area contributed by atoms with Crippen LogP contribution >= 0.6 is 7.82 Å². The molecule has 0 aliphatic heterocycles. The molecule has 0 heterocycles. The zero-order chi connectivity index (χ0) is 10.9. The zero-order valence-corrected chi connectivity index (χ0v) is 11.4. The summed E-state index contributed by atoms with van der Waals surface area (Å²) in [6.07, 6.45) is 0. The van der Waals surface area contributed by atoms with Gasteiger partial charge in [-0.15, -0.1) is 0 Å². The Morgan fingerprint density at radius 2 is 1.62 bits per heavy atom. The van der Waals surface area contributed by atoms with Gasteiger partial charge in [0.15, 0.2) is 0 Å².